The summed E-state index contributed by atoms with van der Waals surface area (Å²) in [5, 5.41) is 5.14. The number of hydrogen-bond donors (Lipinski definition) is 0. The highest BCUT2D eigenvalue weighted by atomic mass is 32.1. The van der Waals surface area contributed by atoms with E-state index < -0.39 is 0 Å². The van der Waals surface area contributed by atoms with Crippen LogP contribution >= 0.6 is 11.3 Å². The molecule has 3 aromatic rings. The van der Waals surface area contributed by atoms with E-state index in [1.165, 1.54) is 15.8 Å². The monoisotopic (exact) mass is 355 g/mol. The number of anilines is 1. The van der Waals surface area contributed by atoms with Gasteiger partial charge in [-0.25, -0.2) is 4.98 Å². The molecule has 1 aromatic carbocycles. The Labute approximate surface area is 150 Å². The topological polar surface area (TPSA) is 54.3 Å². The molecule has 0 spiro atoms. The standard InChI is InChI=1S/C18H21N5OS/c1-12-8-13(2)16-15(9-12)25-18(20-16)23-6-4-22(5-7-23)17(24)14-10-19-21(3)11-14/h8-11H,4-7H2,1-3H3. The lowest BCUT2D eigenvalue weighted by molar-refractivity contribution is 0.0746. The molecular weight excluding hydrogens is 334 g/mol. The van der Waals surface area contributed by atoms with E-state index in [1.807, 2.05) is 11.9 Å². The molecule has 6 nitrogen and oxygen atoms in total. The van der Waals surface area contributed by atoms with Crippen LogP contribution in [0.15, 0.2) is 24.5 Å². The Bertz CT molecular complexity index is 936. The first-order valence-electron chi connectivity index (χ1n) is 8.42. The SMILES string of the molecule is Cc1cc(C)c2nc(N3CCN(C(=O)c4cnn(C)c4)CC3)sc2c1. The summed E-state index contributed by atoms with van der Waals surface area (Å²) in [4.78, 5) is 21.5. The van der Waals surface area contributed by atoms with Gasteiger partial charge < -0.3 is 9.80 Å². The lowest BCUT2D eigenvalue weighted by Crippen LogP contribution is -2.48. The molecule has 2 aromatic heterocycles. The molecule has 0 N–H and O–H groups in total. The van der Waals surface area contributed by atoms with Crippen LogP contribution in [0, 0.1) is 13.8 Å². The van der Waals surface area contributed by atoms with Crippen LogP contribution in [0.4, 0.5) is 5.13 Å². The van der Waals surface area contributed by atoms with E-state index in [0.29, 0.717) is 18.7 Å². The summed E-state index contributed by atoms with van der Waals surface area (Å²) < 4.78 is 2.90. The first kappa shape index (κ1) is 16.1. The summed E-state index contributed by atoms with van der Waals surface area (Å²) in [6.45, 7) is 7.27. The van der Waals surface area contributed by atoms with Crippen LogP contribution in [-0.4, -0.2) is 51.8 Å². The summed E-state index contributed by atoms with van der Waals surface area (Å²) in [6, 6.07) is 4.38. The van der Waals surface area contributed by atoms with E-state index in [2.05, 4.69) is 36.0 Å². The van der Waals surface area contributed by atoms with Gasteiger partial charge in [-0.05, 0) is 31.0 Å². The third-order valence-electron chi connectivity index (χ3n) is 4.61. The normalized spacial score (nSPS) is 15.2. The van der Waals surface area contributed by atoms with Crippen molar-refractivity contribution >= 4 is 32.6 Å². The number of rotatable bonds is 2. The maximum absolute atomic E-state index is 12.5. The number of carbonyl (C=O) groups excluding carboxylic acids is 1. The third-order valence-corrected chi connectivity index (χ3v) is 5.67. The third kappa shape index (κ3) is 3.00. The van der Waals surface area contributed by atoms with Crippen molar-refractivity contribution in [3.05, 3.63) is 41.2 Å². The second-order valence-electron chi connectivity index (χ2n) is 6.61. The van der Waals surface area contributed by atoms with Gasteiger partial charge in [0.1, 0.15) is 0 Å². The second-order valence-corrected chi connectivity index (χ2v) is 7.62. The number of aryl methyl sites for hydroxylation is 3. The van der Waals surface area contributed by atoms with Crippen LogP contribution in [0.3, 0.4) is 0 Å². The number of aromatic nitrogens is 3. The van der Waals surface area contributed by atoms with Crippen LogP contribution in [0.2, 0.25) is 0 Å². The van der Waals surface area contributed by atoms with Crippen molar-refractivity contribution in [2.24, 2.45) is 7.05 Å². The van der Waals surface area contributed by atoms with Crippen LogP contribution in [-0.2, 0) is 7.05 Å². The summed E-state index contributed by atoms with van der Waals surface area (Å²) >= 11 is 1.74. The lowest BCUT2D eigenvalue weighted by atomic mass is 10.1. The molecule has 1 aliphatic heterocycles. The number of benzene rings is 1. The zero-order chi connectivity index (χ0) is 17.6. The van der Waals surface area contributed by atoms with Gasteiger partial charge in [0.2, 0.25) is 0 Å². The molecule has 4 rings (SSSR count). The number of hydrogen-bond acceptors (Lipinski definition) is 5. The fourth-order valence-corrected chi connectivity index (χ4v) is 4.50. The Morgan fingerprint density at radius 2 is 1.92 bits per heavy atom. The number of fused-ring (bicyclic) bond motifs is 1. The van der Waals surface area contributed by atoms with E-state index in [1.54, 1.807) is 28.4 Å². The van der Waals surface area contributed by atoms with E-state index in [-0.39, 0.29) is 5.91 Å². The number of nitrogens with zero attached hydrogens (tertiary/aromatic N) is 5. The zero-order valence-corrected chi connectivity index (χ0v) is 15.5. The quantitative estimate of drug-likeness (QED) is 0.709. The van der Waals surface area contributed by atoms with Crippen molar-refractivity contribution in [1.82, 2.24) is 19.7 Å². The van der Waals surface area contributed by atoms with Gasteiger partial charge in [0, 0.05) is 39.4 Å². The van der Waals surface area contributed by atoms with Gasteiger partial charge in [0.05, 0.1) is 22.0 Å². The number of amides is 1. The van der Waals surface area contributed by atoms with E-state index >= 15 is 0 Å². The molecule has 0 bridgehead atoms. The van der Waals surface area contributed by atoms with Gasteiger partial charge in [0.15, 0.2) is 5.13 Å². The molecule has 1 amide bonds. The molecule has 25 heavy (non-hydrogen) atoms. The smallest absolute Gasteiger partial charge is 0.257 e. The van der Waals surface area contributed by atoms with Crippen molar-refractivity contribution in [3.8, 4) is 0 Å². The molecule has 1 saturated heterocycles. The van der Waals surface area contributed by atoms with Crippen molar-refractivity contribution in [2.45, 2.75) is 13.8 Å². The maximum atomic E-state index is 12.5. The second kappa shape index (κ2) is 6.15. The highest BCUT2D eigenvalue weighted by Crippen LogP contribution is 2.32. The van der Waals surface area contributed by atoms with Crippen LogP contribution < -0.4 is 4.90 Å². The molecular formula is C18H21N5OS. The van der Waals surface area contributed by atoms with Gasteiger partial charge in [-0.1, -0.05) is 17.4 Å². The zero-order valence-electron chi connectivity index (χ0n) is 14.7. The molecule has 0 saturated carbocycles. The molecule has 1 aliphatic rings. The first-order valence-corrected chi connectivity index (χ1v) is 9.23. The van der Waals surface area contributed by atoms with Crippen LogP contribution in [0.25, 0.3) is 10.2 Å². The summed E-state index contributed by atoms with van der Waals surface area (Å²) in [5.74, 6) is 0.0588. The van der Waals surface area contributed by atoms with Gasteiger partial charge in [0.25, 0.3) is 5.91 Å². The number of piperazine rings is 1. The van der Waals surface area contributed by atoms with Crippen molar-refractivity contribution in [1.29, 1.82) is 0 Å². The highest BCUT2D eigenvalue weighted by Gasteiger charge is 2.24. The maximum Gasteiger partial charge on any atom is 0.257 e. The molecule has 0 atom stereocenters. The molecule has 0 radical (unpaired) electrons. The minimum absolute atomic E-state index is 0.0588. The molecule has 7 heteroatoms. The largest absolute Gasteiger partial charge is 0.345 e. The number of thiazole rings is 1. The molecule has 0 unspecified atom stereocenters. The van der Waals surface area contributed by atoms with Gasteiger partial charge in [-0.3, -0.25) is 9.48 Å². The molecule has 130 valence electrons. The predicted molar refractivity (Wildman–Crippen MR) is 100 cm³/mol. The Balaban J connectivity index is 1.48. The van der Waals surface area contributed by atoms with E-state index in [4.69, 9.17) is 4.98 Å². The van der Waals surface area contributed by atoms with E-state index in [0.717, 1.165) is 23.7 Å². The average Bonchev–Trinajstić information content (AvgIpc) is 3.21. The highest BCUT2D eigenvalue weighted by molar-refractivity contribution is 7.22. The summed E-state index contributed by atoms with van der Waals surface area (Å²) in [5.41, 5.74) is 4.25. The summed E-state index contributed by atoms with van der Waals surface area (Å²) in [7, 11) is 1.82. The fourth-order valence-electron chi connectivity index (χ4n) is 3.31. The van der Waals surface area contributed by atoms with Crippen molar-refractivity contribution in [2.75, 3.05) is 31.1 Å². The Hall–Kier alpha value is -2.41. The lowest BCUT2D eigenvalue weighted by Gasteiger charge is -2.34. The fraction of sp³-hybridized carbons (Fsp3) is 0.389. The average molecular weight is 355 g/mol. The van der Waals surface area contributed by atoms with Crippen molar-refractivity contribution < 1.29 is 4.79 Å². The molecule has 1 fully saturated rings. The minimum Gasteiger partial charge on any atom is -0.345 e. The van der Waals surface area contributed by atoms with Crippen LogP contribution in [0.5, 0.6) is 0 Å². The van der Waals surface area contributed by atoms with Gasteiger partial charge in [-0.2, -0.15) is 5.10 Å². The number of carbonyl (C=O) groups is 1. The van der Waals surface area contributed by atoms with Crippen molar-refractivity contribution in [3.63, 3.8) is 0 Å². The summed E-state index contributed by atoms with van der Waals surface area (Å²) in [6.07, 6.45) is 3.40. The van der Waals surface area contributed by atoms with E-state index in [9.17, 15) is 4.79 Å². The van der Waals surface area contributed by atoms with Gasteiger partial charge in [-0.15, -0.1) is 0 Å². The molecule has 0 aliphatic carbocycles. The molecule has 3 heterocycles. The Morgan fingerprint density at radius 1 is 1.16 bits per heavy atom. The van der Waals surface area contributed by atoms with Crippen LogP contribution in [0.1, 0.15) is 21.5 Å². The van der Waals surface area contributed by atoms with Gasteiger partial charge >= 0.3 is 0 Å². The minimum atomic E-state index is 0.0588. The Kier molecular flexibility index (Phi) is 3.95. The Morgan fingerprint density at radius 3 is 2.60 bits per heavy atom. The predicted octanol–water partition coefficient (Wildman–Crippen LogP) is 2.61. The first-order chi connectivity index (χ1) is 12.0.